The molecule has 0 radical (unpaired) electrons. The topological polar surface area (TPSA) is 48.6 Å². The standard InChI is InChI=1S/C18H21F2N3O2/c1-25-10-12-7-18(19,20)11-23(12)13-8-22(9-13)17(24)15-3-2-4-16-14(15)5-6-21-16/h2-6,12-13,21H,7-11H2,1H3/t12-/m0/s1. The maximum atomic E-state index is 13.8. The van der Waals surface area contributed by atoms with E-state index in [4.69, 9.17) is 4.74 Å². The number of halogens is 2. The van der Waals surface area contributed by atoms with Gasteiger partial charge in [0.05, 0.1) is 13.2 Å². The van der Waals surface area contributed by atoms with Crippen LogP contribution in [0.25, 0.3) is 10.9 Å². The summed E-state index contributed by atoms with van der Waals surface area (Å²) in [4.78, 5) is 19.4. The van der Waals surface area contributed by atoms with Crippen LogP contribution in [0.4, 0.5) is 8.78 Å². The number of hydrogen-bond donors (Lipinski definition) is 1. The van der Waals surface area contributed by atoms with E-state index >= 15 is 0 Å². The number of aromatic nitrogens is 1. The number of methoxy groups -OCH3 is 1. The predicted octanol–water partition coefficient (Wildman–Crippen LogP) is 2.35. The number of amides is 1. The summed E-state index contributed by atoms with van der Waals surface area (Å²) in [7, 11) is 1.53. The fraction of sp³-hybridized carbons (Fsp3) is 0.500. The van der Waals surface area contributed by atoms with Gasteiger partial charge in [-0.05, 0) is 18.2 Å². The zero-order chi connectivity index (χ0) is 17.6. The first-order chi connectivity index (χ1) is 12.0. The lowest BCUT2D eigenvalue weighted by molar-refractivity contribution is -0.0135. The number of carbonyl (C=O) groups is 1. The average molecular weight is 349 g/mol. The molecule has 7 heteroatoms. The third kappa shape index (κ3) is 2.91. The minimum absolute atomic E-state index is 0.0251. The van der Waals surface area contributed by atoms with E-state index in [0.29, 0.717) is 25.3 Å². The van der Waals surface area contributed by atoms with Crippen molar-refractivity contribution in [2.75, 3.05) is 33.4 Å². The van der Waals surface area contributed by atoms with Crippen molar-refractivity contribution in [1.29, 1.82) is 0 Å². The number of ether oxygens (including phenoxy) is 1. The predicted molar refractivity (Wildman–Crippen MR) is 89.9 cm³/mol. The van der Waals surface area contributed by atoms with Crippen molar-refractivity contribution < 1.29 is 18.3 Å². The molecule has 5 nitrogen and oxygen atoms in total. The van der Waals surface area contributed by atoms with E-state index in [1.54, 1.807) is 4.90 Å². The van der Waals surface area contributed by atoms with Crippen molar-refractivity contribution in [1.82, 2.24) is 14.8 Å². The van der Waals surface area contributed by atoms with Crippen LogP contribution in [0.5, 0.6) is 0 Å². The normalized spacial score (nSPS) is 24.0. The highest BCUT2D eigenvalue weighted by atomic mass is 19.3. The molecule has 2 fully saturated rings. The number of aromatic amines is 1. The Morgan fingerprint density at radius 3 is 2.92 bits per heavy atom. The quantitative estimate of drug-likeness (QED) is 0.922. The van der Waals surface area contributed by atoms with E-state index < -0.39 is 5.92 Å². The summed E-state index contributed by atoms with van der Waals surface area (Å²) in [6.07, 6.45) is 1.63. The molecule has 3 heterocycles. The van der Waals surface area contributed by atoms with Crippen LogP contribution in [0.1, 0.15) is 16.8 Å². The highest BCUT2D eigenvalue weighted by molar-refractivity contribution is 6.06. The summed E-state index contributed by atoms with van der Waals surface area (Å²) in [5.41, 5.74) is 1.57. The van der Waals surface area contributed by atoms with Crippen molar-refractivity contribution in [3.8, 4) is 0 Å². The third-order valence-corrected chi connectivity index (χ3v) is 5.22. The number of nitrogens with one attached hydrogen (secondary N) is 1. The lowest BCUT2D eigenvalue weighted by atomic mass is 10.0. The molecule has 0 unspecified atom stereocenters. The summed E-state index contributed by atoms with van der Waals surface area (Å²) >= 11 is 0. The number of fused-ring (bicyclic) bond motifs is 1. The number of carbonyl (C=O) groups excluding carboxylic acids is 1. The first-order valence-corrected chi connectivity index (χ1v) is 8.46. The van der Waals surface area contributed by atoms with Gasteiger partial charge in [0.2, 0.25) is 0 Å². The molecular formula is C18H21F2N3O2. The van der Waals surface area contributed by atoms with Crippen molar-refractivity contribution in [3.05, 3.63) is 36.0 Å². The second-order valence-electron chi connectivity index (χ2n) is 6.95. The molecule has 1 amide bonds. The number of likely N-dealkylation sites (tertiary alicyclic amines) is 2. The van der Waals surface area contributed by atoms with Gasteiger partial charge in [0.1, 0.15) is 0 Å². The maximum Gasteiger partial charge on any atom is 0.262 e. The number of H-pyrrole nitrogens is 1. The lowest BCUT2D eigenvalue weighted by Gasteiger charge is -2.45. The van der Waals surface area contributed by atoms with E-state index in [-0.39, 0.29) is 31.0 Å². The summed E-state index contributed by atoms with van der Waals surface area (Å²) in [6, 6.07) is 7.16. The number of alkyl halides is 2. The number of nitrogens with zero attached hydrogens (tertiary/aromatic N) is 2. The van der Waals surface area contributed by atoms with Crippen LogP contribution in [0.3, 0.4) is 0 Å². The summed E-state index contributed by atoms with van der Waals surface area (Å²) in [6.45, 7) is 1.01. The smallest absolute Gasteiger partial charge is 0.262 e. The Kier molecular flexibility index (Phi) is 4.00. The molecule has 0 bridgehead atoms. The summed E-state index contributed by atoms with van der Waals surface area (Å²) < 4.78 is 32.6. The number of rotatable bonds is 4. The molecule has 1 aromatic heterocycles. The first-order valence-electron chi connectivity index (χ1n) is 8.46. The van der Waals surface area contributed by atoms with E-state index in [1.165, 1.54) is 7.11 Å². The van der Waals surface area contributed by atoms with E-state index in [0.717, 1.165) is 10.9 Å². The highest BCUT2D eigenvalue weighted by Gasteiger charge is 2.50. The number of hydrogen-bond acceptors (Lipinski definition) is 3. The Hall–Kier alpha value is -1.99. The van der Waals surface area contributed by atoms with E-state index in [1.807, 2.05) is 35.4 Å². The Morgan fingerprint density at radius 1 is 1.36 bits per heavy atom. The summed E-state index contributed by atoms with van der Waals surface area (Å²) in [5, 5.41) is 0.890. The van der Waals surface area contributed by atoms with Gasteiger partial charge < -0.3 is 14.6 Å². The molecule has 2 aliphatic heterocycles. The van der Waals surface area contributed by atoms with E-state index in [2.05, 4.69) is 4.98 Å². The second-order valence-corrected chi connectivity index (χ2v) is 6.95. The van der Waals surface area contributed by atoms with Gasteiger partial charge in [-0.2, -0.15) is 0 Å². The third-order valence-electron chi connectivity index (χ3n) is 5.22. The molecule has 134 valence electrons. The van der Waals surface area contributed by atoms with Crippen molar-refractivity contribution in [3.63, 3.8) is 0 Å². The molecule has 2 saturated heterocycles. The minimum atomic E-state index is -2.68. The first kappa shape index (κ1) is 16.5. The van der Waals surface area contributed by atoms with Crippen LogP contribution in [0.15, 0.2) is 30.5 Å². The molecule has 2 aliphatic rings. The van der Waals surface area contributed by atoms with Crippen LogP contribution in [-0.4, -0.2) is 72.0 Å². The molecule has 2 aromatic rings. The monoisotopic (exact) mass is 349 g/mol. The SMILES string of the molecule is COC[C@@H]1CC(F)(F)CN1C1CN(C(=O)c2cccc3[nH]ccc23)C1. The molecule has 1 aromatic carbocycles. The van der Waals surface area contributed by atoms with Crippen LogP contribution >= 0.6 is 0 Å². The van der Waals surface area contributed by atoms with Crippen molar-refractivity contribution >= 4 is 16.8 Å². The molecule has 1 atom stereocenters. The van der Waals surface area contributed by atoms with Gasteiger partial charge in [-0.15, -0.1) is 0 Å². The van der Waals surface area contributed by atoms with Gasteiger partial charge in [-0.1, -0.05) is 6.07 Å². The Morgan fingerprint density at radius 2 is 2.16 bits per heavy atom. The lowest BCUT2D eigenvalue weighted by Crippen LogP contribution is -2.62. The summed E-state index contributed by atoms with van der Waals surface area (Å²) in [5.74, 6) is -2.72. The van der Waals surface area contributed by atoms with Gasteiger partial charge in [0.25, 0.3) is 11.8 Å². The molecule has 4 rings (SSSR count). The Balaban J connectivity index is 1.45. The molecule has 25 heavy (non-hydrogen) atoms. The second kappa shape index (κ2) is 6.07. The van der Waals surface area contributed by atoms with Crippen molar-refractivity contribution in [2.24, 2.45) is 0 Å². The molecular weight excluding hydrogens is 328 g/mol. The van der Waals surface area contributed by atoms with Gasteiger partial charge in [-0.25, -0.2) is 8.78 Å². The van der Waals surface area contributed by atoms with Gasteiger partial charge >= 0.3 is 0 Å². The average Bonchev–Trinajstić information content (AvgIpc) is 3.10. The zero-order valence-corrected chi connectivity index (χ0v) is 14.0. The largest absolute Gasteiger partial charge is 0.383 e. The van der Waals surface area contributed by atoms with Gasteiger partial charge in [0, 0.05) is 61.4 Å². The Bertz CT molecular complexity index is 785. The van der Waals surface area contributed by atoms with Gasteiger partial charge in [-0.3, -0.25) is 9.69 Å². The van der Waals surface area contributed by atoms with Crippen LogP contribution in [0, 0.1) is 0 Å². The van der Waals surface area contributed by atoms with Crippen LogP contribution in [0.2, 0.25) is 0 Å². The van der Waals surface area contributed by atoms with Crippen LogP contribution < -0.4 is 0 Å². The molecule has 0 saturated carbocycles. The van der Waals surface area contributed by atoms with Crippen molar-refractivity contribution in [2.45, 2.75) is 24.4 Å². The van der Waals surface area contributed by atoms with Gasteiger partial charge in [0.15, 0.2) is 0 Å². The molecule has 0 spiro atoms. The highest BCUT2D eigenvalue weighted by Crippen LogP contribution is 2.36. The molecule has 1 N–H and O–H groups in total. The Labute approximate surface area is 144 Å². The minimum Gasteiger partial charge on any atom is -0.383 e. The molecule has 0 aliphatic carbocycles. The fourth-order valence-electron chi connectivity index (χ4n) is 3.97. The van der Waals surface area contributed by atoms with Crippen LogP contribution in [-0.2, 0) is 4.74 Å². The zero-order valence-electron chi connectivity index (χ0n) is 14.0. The van der Waals surface area contributed by atoms with E-state index in [9.17, 15) is 13.6 Å². The maximum absolute atomic E-state index is 13.8. The number of benzene rings is 1. The fourth-order valence-corrected chi connectivity index (χ4v) is 3.97.